The van der Waals surface area contributed by atoms with E-state index in [2.05, 4.69) is 10.3 Å². The van der Waals surface area contributed by atoms with Gasteiger partial charge in [0.2, 0.25) is 5.91 Å². The van der Waals surface area contributed by atoms with Gasteiger partial charge in [-0.1, -0.05) is 30.3 Å². The van der Waals surface area contributed by atoms with Crippen molar-refractivity contribution in [1.82, 2.24) is 20.1 Å². The Morgan fingerprint density at radius 2 is 1.94 bits per heavy atom. The van der Waals surface area contributed by atoms with E-state index in [1.165, 1.54) is 12.1 Å². The summed E-state index contributed by atoms with van der Waals surface area (Å²) in [7, 11) is 0. The summed E-state index contributed by atoms with van der Waals surface area (Å²) >= 11 is 0. The molecule has 1 saturated heterocycles. The highest BCUT2D eigenvalue weighted by Crippen LogP contribution is 2.36. The third-order valence-corrected chi connectivity index (χ3v) is 6.62. The molecule has 0 radical (unpaired) electrons. The number of carbonyl (C=O) groups excluding carboxylic acids is 3. The highest BCUT2D eigenvalue weighted by Gasteiger charge is 2.42. The zero-order valence-electron chi connectivity index (χ0n) is 18.3. The van der Waals surface area contributed by atoms with Crippen molar-refractivity contribution in [2.24, 2.45) is 5.92 Å². The fourth-order valence-corrected chi connectivity index (χ4v) is 4.54. The predicted octanol–water partition coefficient (Wildman–Crippen LogP) is 3.73. The van der Waals surface area contributed by atoms with Crippen LogP contribution in [-0.2, 0) is 16.1 Å². The quantitative estimate of drug-likeness (QED) is 0.540. The first-order valence-corrected chi connectivity index (χ1v) is 11.1. The fourth-order valence-electron chi connectivity index (χ4n) is 4.54. The number of nitrogens with one attached hydrogen (secondary N) is 2. The first-order valence-electron chi connectivity index (χ1n) is 11.1. The number of fused-ring (bicyclic) bond motifs is 1. The van der Waals surface area contributed by atoms with Crippen molar-refractivity contribution in [1.29, 1.82) is 0 Å². The number of rotatable bonds is 7. The molecule has 2 fully saturated rings. The van der Waals surface area contributed by atoms with E-state index in [9.17, 15) is 18.8 Å². The van der Waals surface area contributed by atoms with E-state index in [1.54, 1.807) is 17.2 Å². The van der Waals surface area contributed by atoms with Crippen LogP contribution in [-0.4, -0.2) is 45.2 Å². The number of imide groups is 1. The number of hydrogen-bond acceptors (Lipinski definition) is 3. The van der Waals surface area contributed by atoms with E-state index >= 15 is 0 Å². The van der Waals surface area contributed by atoms with Gasteiger partial charge in [-0.05, 0) is 49.4 Å². The van der Waals surface area contributed by atoms with E-state index in [1.807, 2.05) is 37.3 Å². The maximum atomic E-state index is 13.5. The summed E-state index contributed by atoms with van der Waals surface area (Å²) in [6, 6.07) is 12.4. The van der Waals surface area contributed by atoms with Gasteiger partial charge in [0, 0.05) is 35.2 Å². The van der Waals surface area contributed by atoms with Gasteiger partial charge in [0.05, 0.1) is 0 Å². The molecular weight excluding hydrogens is 423 g/mol. The van der Waals surface area contributed by atoms with Gasteiger partial charge in [-0.15, -0.1) is 0 Å². The summed E-state index contributed by atoms with van der Waals surface area (Å²) in [5.41, 5.74) is 2.08. The Morgan fingerprint density at radius 1 is 1.18 bits per heavy atom. The molecule has 4 amide bonds. The van der Waals surface area contributed by atoms with Crippen molar-refractivity contribution in [2.45, 2.75) is 38.4 Å². The van der Waals surface area contributed by atoms with Crippen LogP contribution in [0.2, 0.25) is 0 Å². The van der Waals surface area contributed by atoms with E-state index in [0.717, 1.165) is 23.3 Å². The van der Waals surface area contributed by atoms with Crippen LogP contribution in [0.4, 0.5) is 9.18 Å². The molecule has 1 aliphatic carbocycles. The van der Waals surface area contributed by atoms with Gasteiger partial charge in [0.15, 0.2) is 0 Å². The first kappa shape index (κ1) is 21.2. The monoisotopic (exact) mass is 448 g/mol. The van der Waals surface area contributed by atoms with Crippen LogP contribution in [0.5, 0.6) is 0 Å². The van der Waals surface area contributed by atoms with Gasteiger partial charge < -0.3 is 15.2 Å². The summed E-state index contributed by atoms with van der Waals surface area (Å²) in [6.07, 6.45) is 3.74. The second kappa shape index (κ2) is 8.35. The molecule has 5 rings (SSSR count). The number of carbonyl (C=O) groups is 3. The van der Waals surface area contributed by atoms with Crippen LogP contribution in [0, 0.1) is 11.7 Å². The van der Waals surface area contributed by atoms with Crippen molar-refractivity contribution >= 4 is 28.7 Å². The lowest BCUT2D eigenvalue weighted by Gasteiger charge is -2.30. The molecule has 2 heterocycles. The number of hydrogen-bond donors (Lipinski definition) is 2. The molecule has 1 aromatic heterocycles. The molecule has 3 aromatic rings. The third-order valence-electron chi connectivity index (χ3n) is 6.62. The number of nitrogens with zero attached hydrogens (tertiary/aromatic N) is 2. The average Bonchev–Trinajstić information content (AvgIpc) is 3.53. The normalized spacial score (nSPS) is 19.1. The van der Waals surface area contributed by atoms with Gasteiger partial charge in [0.1, 0.15) is 18.4 Å². The van der Waals surface area contributed by atoms with E-state index < -0.39 is 23.8 Å². The zero-order chi connectivity index (χ0) is 23.1. The largest absolute Gasteiger partial charge is 0.361 e. The second-order valence-electron chi connectivity index (χ2n) is 8.83. The molecule has 33 heavy (non-hydrogen) atoms. The molecule has 1 aliphatic heterocycles. The molecule has 8 heteroatoms. The van der Waals surface area contributed by atoms with Gasteiger partial charge in [-0.25, -0.2) is 9.18 Å². The van der Waals surface area contributed by atoms with Gasteiger partial charge in [-0.3, -0.25) is 14.5 Å². The Balaban J connectivity index is 1.35. The molecule has 170 valence electrons. The SMILES string of the molecule is CC(C1CC1)N(Cc1ccccc1)C(=O)CN1C(=O)NC(c2c[nH]c3cc(F)ccc23)C1=O. The summed E-state index contributed by atoms with van der Waals surface area (Å²) in [5.74, 6) is -0.700. The van der Waals surface area contributed by atoms with Crippen LogP contribution in [0.25, 0.3) is 10.9 Å². The zero-order valence-corrected chi connectivity index (χ0v) is 18.3. The fraction of sp³-hybridized carbons (Fsp3) is 0.320. The van der Waals surface area contributed by atoms with Crippen LogP contribution >= 0.6 is 0 Å². The van der Waals surface area contributed by atoms with Crippen LogP contribution < -0.4 is 5.32 Å². The maximum Gasteiger partial charge on any atom is 0.325 e. The number of aromatic nitrogens is 1. The number of H-pyrrole nitrogens is 1. The van der Waals surface area contributed by atoms with Crippen LogP contribution in [0.1, 0.15) is 36.9 Å². The number of benzene rings is 2. The summed E-state index contributed by atoms with van der Waals surface area (Å²) in [5, 5.41) is 3.32. The Hall–Kier alpha value is -3.68. The van der Waals surface area contributed by atoms with Crippen molar-refractivity contribution in [3.8, 4) is 0 Å². The second-order valence-corrected chi connectivity index (χ2v) is 8.83. The summed E-state index contributed by atoms with van der Waals surface area (Å²) in [4.78, 5) is 44.8. The highest BCUT2D eigenvalue weighted by atomic mass is 19.1. The molecule has 0 spiro atoms. The Bertz CT molecular complexity index is 1220. The maximum absolute atomic E-state index is 13.5. The molecule has 1 saturated carbocycles. The molecule has 0 bridgehead atoms. The van der Waals surface area contributed by atoms with E-state index in [-0.39, 0.29) is 18.5 Å². The minimum absolute atomic E-state index is 0.0257. The number of halogens is 1. The molecular formula is C25H25FN4O3. The van der Waals surface area contributed by atoms with E-state index in [0.29, 0.717) is 28.9 Å². The van der Waals surface area contributed by atoms with Crippen molar-refractivity contribution in [3.05, 3.63) is 71.7 Å². The molecule has 2 atom stereocenters. The Labute approximate surface area is 190 Å². The highest BCUT2D eigenvalue weighted by molar-refractivity contribution is 6.08. The Kier molecular flexibility index (Phi) is 5.36. The topological polar surface area (TPSA) is 85.5 Å². The molecule has 2 unspecified atom stereocenters. The average molecular weight is 448 g/mol. The number of urea groups is 1. The van der Waals surface area contributed by atoms with Crippen molar-refractivity contribution in [2.75, 3.05) is 6.54 Å². The van der Waals surface area contributed by atoms with Gasteiger partial charge in [0.25, 0.3) is 5.91 Å². The molecule has 2 N–H and O–H groups in total. The van der Waals surface area contributed by atoms with Crippen molar-refractivity contribution < 1.29 is 18.8 Å². The lowest BCUT2D eigenvalue weighted by atomic mass is 10.1. The number of aromatic amines is 1. The van der Waals surface area contributed by atoms with E-state index in [4.69, 9.17) is 0 Å². The molecule has 7 nitrogen and oxygen atoms in total. The van der Waals surface area contributed by atoms with Crippen LogP contribution in [0.3, 0.4) is 0 Å². The Morgan fingerprint density at radius 3 is 2.67 bits per heavy atom. The molecule has 2 aromatic carbocycles. The molecule has 2 aliphatic rings. The first-order chi connectivity index (χ1) is 15.9. The lowest BCUT2D eigenvalue weighted by molar-refractivity contribution is -0.139. The lowest BCUT2D eigenvalue weighted by Crippen LogP contribution is -2.46. The predicted molar refractivity (Wildman–Crippen MR) is 120 cm³/mol. The number of amides is 4. The third kappa shape index (κ3) is 4.08. The minimum Gasteiger partial charge on any atom is -0.361 e. The van der Waals surface area contributed by atoms with Crippen molar-refractivity contribution in [3.63, 3.8) is 0 Å². The van der Waals surface area contributed by atoms with Gasteiger partial charge in [-0.2, -0.15) is 0 Å². The summed E-state index contributed by atoms with van der Waals surface area (Å²) < 4.78 is 13.5. The minimum atomic E-state index is -0.923. The van der Waals surface area contributed by atoms with Crippen LogP contribution in [0.15, 0.2) is 54.7 Å². The summed E-state index contributed by atoms with van der Waals surface area (Å²) in [6.45, 7) is 2.14. The smallest absolute Gasteiger partial charge is 0.325 e. The standard InChI is InChI=1S/C25H25FN4O3/c1-15(17-7-8-17)29(13-16-5-3-2-4-6-16)22(31)14-30-24(32)23(28-25(30)33)20-12-27-21-11-18(26)9-10-19(20)21/h2-6,9-12,15,17,23,27H,7-8,13-14H2,1H3,(H,28,33). The van der Waals surface area contributed by atoms with Gasteiger partial charge >= 0.3 is 6.03 Å².